The van der Waals surface area contributed by atoms with E-state index in [9.17, 15) is 13.2 Å². The highest BCUT2D eigenvalue weighted by molar-refractivity contribution is 7.92. The van der Waals surface area contributed by atoms with Gasteiger partial charge in [0.05, 0.1) is 35.0 Å². The van der Waals surface area contributed by atoms with Gasteiger partial charge in [0.2, 0.25) is 0 Å². The van der Waals surface area contributed by atoms with Gasteiger partial charge in [0.1, 0.15) is 4.90 Å². The third kappa shape index (κ3) is 3.81. The average molecular weight is 425 g/mol. The molecule has 1 heterocycles. The van der Waals surface area contributed by atoms with Crippen LogP contribution in [0.1, 0.15) is 12.0 Å². The molecule has 3 aromatic rings. The number of nitriles is 1. The number of anilines is 1. The molecule has 0 saturated heterocycles. The molecule has 0 atom stereocenters. The van der Waals surface area contributed by atoms with Gasteiger partial charge in [-0.3, -0.25) is 19.3 Å². The highest BCUT2D eigenvalue weighted by Gasteiger charge is 2.22. The third-order valence-corrected chi connectivity index (χ3v) is 6.14. The van der Waals surface area contributed by atoms with Crippen LogP contribution in [0.4, 0.5) is 5.69 Å². The molecule has 27 heavy (non-hydrogen) atoms. The molecule has 2 N–H and O–H groups in total. The molecule has 140 valence electrons. The van der Waals surface area contributed by atoms with Crippen molar-refractivity contribution < 1.29 is 8.42 Å². The van der Waals surface area contributed by atoms with E-state index in [0.29, 0.717) is 28.0 Å². The smallest absolute Gasteiger partial charge is 0.272 e. The molecular weight excluding hydrogens is 411 g/mol. The molecule has 0 bridgehead atoms. The second kappa shape index (κ2) is 7.27. The van der Waals surface area contributed by atoms with Crippen LogP contribution >= 0.6 is 23.2 Å². The second-order valence-corrected chi connectivity index (χ2v) is 8.33. The first kappa shape index (κ1) is 19.3. The Balaban J connectivity index is 2.01. The number of hydrogen-bond donors (Lipinski definition) is 2. The highest BCUT2D eigenvalue weighted by Crippen LogP contribution is 2.30. The van der Waals surface area contributed by atoms with Gasteiger partial charge in [0, 0.05) is 10.7 Å². The normalized spacial score (nSPS) is 11.5. The molecule has 3 rings (SSSR count). The van der Waals surface area contributed by atoms with Crippen molar-refractivity contribution in [2.24, 2.45) is 0 Å². The minimum Gasteiger partial charge on any atom is -0.283 e. The van der Waals surface area contributed by atoms with E-state index in [-0.39, 0.29) is 27.6 Å². The number of H-pyrrole nitrogens is 1. The maximum absolute atomic E-state index is 12.8. The van der Waals surface area contributed by atoms with E-state index in [1.165, 1.54) is 24.3 Å². The summed E-state index contributed by atoms with van der Waals surface area (Å²) in [4.78, 5) is 12.0. The Labute approximate surface area is 165 Å². The average Bonchev–Trinajstić information content (AvgIpc) is 2.87. The van der Waals surface area contributed by atoms with Crippen molar-refractivity contribution in [1.29, 1.82) is 5.26 Å². The first-order chi connectivity index (χ1) is 12.7. The van der Waals surface area contributed by atoms with Gasteiger partial charge in [-0.2, -0.15) is 5.26 Å². The number of aromatic amines is 1. The van der Waals surface area contributed by atoms with Crippen LogP contribution in [0.3, 0.4) is 0 Å². The van der Waals surface area contributed by atoms with Crippen molar-refractivity contribution in [2.45, 2.75) is 24.8 Å². The van der Waals surface area contributed by atoms with E-state index >= 15 is 0 Å². The van der Waals surface area contributed by atoms with Crippen LogP contribution in [0.15, 0.2) is 40.0 Å². The zero-order chi connectivity index (χ0) is 19.8. The molecule has 0 amide bonds. The van der Waals surface area contributed by atoms with Crippen LogP contribution in [0, 0.1) is 18.3 Å². The van der Waals surface area contributed by atoms with E-state index in [2.05, 4.69) is 9.82 Å². The number of rotatable bonds is 5. The van der Waals surface area contributed by atoms with Crippen molar-refractivity contribution in [3.05, 3.63) is 56.3 Å². The Morgan fingerprint density at radius 1 is 1.26 bits per heavy atom. The van der Waals surface area contributed by atoms with Crippen LogP contribution in [0.25, 0.3) is 10.9 Å². The fourth-order valence-corrected chi connectivity index (χ4v) is 5.07. The molecule has 10 heteroatoms. The summed E-state index contributed by atoms with van der Waals surface area (Å²) >= 11 is 12.0. The first-order valence-electron chi connectivity index (χ1n) is 7.81. The molecule has 7 nitrogen and oxygen atoms in total. The minimum atomic E-state index is -3.98. The maximum Gasteiger partial charge on any atom is 0.272 e. The molecule has 0 spiro atoms. The summed E-state index contributed by atoms with van der Waals surface area (Å²) < 4.78 is 29.5. The Morgan fingerprint density at radius 3 is 2.67 bits per heavy atom. The molecule has 0 fully saturated rings. The Bertz CT molecular complexity index is 1220. The lowest BCUT2D eigenvalue weighted by atomic mass is 10.2. The Morgan fingerprint density at radius 2 is 2.00 bits per heavy atom. The largest absolute Gasteiger partial charge is 0.283 e. The van der Waals surface area contributed by atoms with Gasteiger partial charge < -0.3 is 0 Å². The van der Waals surface area contributed by atoms with Crippen LogP contribution < -0.4 is 10.3 Å². The number of aromatic nitrogens is 2. The number of nitrogens with zero attached hydrogens (tertiary/aromatic N) is 2. The summed E-state index contributed by atoms with van der Waals surface area (Å²) in [5, 5.41) is 12.0. The summed E-state index contributed by atoms with van der Waals surface area (Å²) in [6.45, 7) is 1.93. The standard InChI is InChI=1S/C17H14Cl2N4O3S/c1-10-7-11(18)8-14(19)16(10)27(25,26)22-12-3-4-15-13(9-12)17(24)21-23(15)6-2-5-20/h3-4,7-9,22H,2,6H2,1H3,(H,21,24). The van der Waals surface area contributed by atoms with Crippen molar-refractivity contribution in [2.75, 3.05) is 4.72 Å². The first-order valence-corrected chi connectivity index (χ1v) is 10.0. The number of aryl methyl sites for hydroxylation is 2. The third-order valence-electron chi connectivity index (χ3n) is 3.93. The van der Waals surface area contributed by atoms with E-state index in [1.807, 2.05) is 6.07 Å². The zero-order valence-electron chi connectivity index (χ0n) is 14.1. The lowest BCUT2D eigenvalue weighted by molar-refractivity contribution is 0.600. The maximum atomic E-state index is 12.8. The highest BCUT2D eigenvalue weighted by atomic mass is 35.5. The number of sulfonamides is 1. The van der Waals surface area contributed by atoms with Gasteiger partial charge in [-0.15, -0.1) is 0 Å². The van der Waals surface area contributed by atoms with Crippen LogP contribution in [-0.2, 0) is 16.6 Å². The zero-order valence-corrected chi connectivity index (χ0v) is 16.4. The monoisotopic (exact) mass is 424 g/mol. The van der Waals surface area contributed by atoms with Crippen molar-refractivity contribution in [3.8, 4) is 6.07 Å². The van der Waals surface area contributed by atoms with Gasteiger partial charge in [-0.25, -0.2) is 8.42 Å². The van der Waals surface area contributed by atoms with Crippen molar-refractivity contribution >= 4 is 49.8 Å². The second-order valence-electron chi connectivity index (χ2n) is 5.87. The lowest BCUT2D eigenvalue weighted by Gasteiger charge is -2.12. The number of halogens is 2. The summed E-state index contributed by atoms with van der Waals surface area (Å²) in [6, 6.07) is 9.45. The van der Waals surface area contributed by atoms with E-state index in [4.69, 9.17) is 28.5 Å². The quantitative estimate of drug-likeness (QED) is 0.651. The molecular formula is C17H14Cl2N4O3S. The molecule has 1 aromatic heterocycles. The van der Waals surface area contributed by atoms with E-state index < -0.39 is 10.0 Å². The fraction of sp³-hybridized carbons (Fsp3) is 0.176. The molecule has 0 unspecified atom stereocenters. The van der Waals surface area contributed by atoms with Crippen molar-refractivity contribution in [3.63, 3.8) is 0 Å². The summed E-state index contributed by atoms with van der Waals surface area (Å²) in [5.74, 6) is 0. The fourth-order valence-electron chi connectivity index (χ4n) is 2.83. The minimum absolute atomic E-state index is 0.00841. The topological polar surface area (TPSA) is 108 Å². The van der Waals surface area contributed by atoms with Crippen LogP contribution in [-0.4, -0.2) is 18.2 Å². The summed E-state index contributed by atoms with van der Waals surface area (Å²) in [7, 11) is -3.98. The van der Waals surface area contributed by atoms with E-state index in [1.54, 1.807) is 17.7 Å². The van der Waals surface area contributed by atoms with E-state index in [0.717, 1.165) is 0 Å². The molecule has 2 aromatic carbocycles. The SMILES string of the molecule is Cc1cc(Cl)cc(Cl)c1S(=O)(=O)Nc1ccc2c(c1)c(=O)[nH]n2CCC#N. The Kier molecular flexibility index (Phi) is 5.20. The number of benzene rings is 2. The van der Waals surface area contributed by atoms with Gasteiger partial charge >= 0.3 is 0 Å². The number of hydrogen-bond acceptors (Lipinski definition) is 4. The van der Waals surface area contributed by atoms with Crippen molar-refractivity contribution in [1.82, 2.24) is 9.78 Å². The van der Waals surface area contributed by atoms with Crippen LogP contribution in [0.5, 0.6) is 0 Å². The van der Waals surface area contributed by atoms with Gasteiger partial charge in [-0.05, 0) is 42.8 Å². The predicted molar refractivity (Wildman–Crippen MR) is 105 cm³/mol. The van der Waals surface area contributed by atoms with Gasteiger partial charge in [-0.1, -0.05) is 23.2 Å². The van der Waals surface area contributed by atoms with Gasteiger partial charge in [0.25, 0.3) is 15.6 Å². The number of fused-ring (bicyclic) bond motifs is 1. The molecule has 0 radical (unpaired) electrons. The Hall–Kier alpha value is -2.47. The summed E-state index contributed by atoms with van der Waals surface area (Å²) in [6.07, 6.45) is 0.239. The molecule has 0 aliphatic rings. The molecule has 0 aliphatic carbocycles. The summed E-state index contributed by atoms with van der Waals surface area (Å²) in [5.41, 5.74) is 0.835. The predicted octanol–water partition coefficient (Wildman–Crippen LogP) is 3.66. The molecule has 0 aliphatic heterocycles. The number of nitrogens with one attached hydrogen (secondary N) is 2. The van der Waals surface area contributed by atoms with Crippen LogP contribution in [0.2, 0.25) is 10.0 Å². The lowest BCUT2D eigenvalue weighted by Crippen LogP contribution is -2.15. The molecule has 0 saturated carbocycles. The van der Waals surface area contributed by atoms with Gasteiger partial charge in [0.15, 0.2) is 0 Å².